The Morgan fingerprint density at radius 3 is 2.37 bits per heavy atom. The quantitative estimate of drug-likeness (QED) is 0.130. The molecule has 0 aromatic carbocycles. The Labute approximate surface area is 178 Å². The maximum atomic E-state index is 12.9. The molecule has 0 saturated heterocycles. The number of rotatable bonds is 11. The molecule has 0 bridgehead atoms. The van der Waals surface area contributed by atoms with Gasteiger partial charge in [0.25, 0.3) is 0 Å². The molecule has 0 aromatic rings. The Hall–Kier alpha value is -1.79. The van der Waals surface area contributed by atoms with E-state index in [0.717, 1.165) is 25.7 Å². The van der Waals surface area contributed by atoms with Crippen molar-refractivity contribution in [1.82, 2.24) is 10.3 Å². The predicted octanol–water partition coefficient (Wildman–Crippen LogP) is 4.05. The number of amidine groups is 1. The standard InChI is InChI=1S/C21H37F3N6/c1-4-5-6-7-16(12-25)13-30(28)15(3)19(14(2)26)20(27)29-18-10-8-17(9-11-18)21(22,23)24/h15-19H,2,4-11,13,26,28H2,1,3H3,(H2,27,29)/t15?,16-,17?,18?,19?/m1/s1. The smallest absolute Gasteiger partial charge is 0.391 e. The summed E-state index contributed by atoms with van der Waals surface area (Å²) in [6.45, 7) is 8.06. The number of nitriles is 1. The van der Waals surface area contributed by atoms with Crippen molar-refractivity contribution in [3.8, 4) is 6.07 Å². The lowest BCUT2D eigenvalue weighted by molar-refractivity contribution is -0.182. The highest BCUT2D eigenvalue weighted by Crippen LogP contribution is 2.37. The molecule has 3 atom stereocenters. The Bertz CT molecular complexity index is 593. The van der Waals surface area contributed by atoms with Crippen LogP contribution in [0.3, 0.4) is 0 Å². The minimum absolute atomic E-state index is 0.0584. The number of hydrogen-bond acceptors (Lipinski definition) is 5. The molecule has 2 unspecified atom stereocenters. The Morgan fingerprint density at radius 2 is 1.90 bits per heavy atom. The highest BCUT2D eigenvalue weighted by Gasteiger charge is 2.41. The van der Waals surface area contributed by atoms with Crippen molar-refractivity contribution >= 4 is 5.84 Å². The van der Waals surface area contributed by atoms with Crippen LogP contribution in [0, 0.1) is 34.5 Å². The van der Waals surface area contributed by atoms with Crippen LogP contribution in [0.1, 0.15) is 65.2 Å². The van der Waals surface area contributed by atoms with Gasteiger partial charge >= 0.3 is 6.18 Å². The topological polar surface area (TPSA) is 115 Å². The molecule has 0 aromatic heterocycles. The zero-order valence-electron chi connectivity index (χ0n) is 18.1. The summed E-state index contributed by atoms with van der Waals surface area (Å²) in [6.07, 6.45) is 0.520. The highest BCUT2D eigenvalue weighted by atomic mass is 19.4. The third-order valence-electron chi connectivity index (χ3n) is 6.04. The third kappa shape index (κ3) is 8.15. The molecule has 1 saturated carbocycles. The highest BCUT2D eigenvalue weighted by molar-refractivity contribution is 5.84. The average molecular weight is 431 g/mol. The molecule has 9 heteroatoms. The lowest BCUT2D eigenvalue weighted by Gasteiger charge is -2.36. The van der Waals surface area contributed by atoms with Crippen molar-refractivity contribution in [1.29, 1.82) is 10.7 Å². The van der Waals surface area contributed by atoms with Gasteiger partial charge in [0.2, 0.25) is 0 Å². The van der Waals surface area contributed by atoms with Gasteiger partial charge in [-0.3, -0.25) is 11.3 Å². The van der Waals surface area contributed by atoms with Gasteiger partial charge in [-0.1, -0.05) is 32.8 Å². The molecule has 1 aliphatic rings. The monoisotopic (exact) mass is 430 g/mol. The molecule has 172 valence electrons. The summed E-state index contributed by atoms with van der Waals surface area (Å²) in [7, 11) is 0. The molecule has 1 fully saturated rings. The first-order valence-electron chi connectivity index (χ1n) is 10.8. The number of nitrogens with zero attached hydrogens (tertiary/aromatic N) is 2. The fourth-order valence-corrected chi connectivity index (χ4v) is 4.06. The van der Waals surface area contributed by atoms with Gasteiger partial charge in [0, 0.05) is 24.3 Å². The van der Waals surface area contributed by atoms with Crippen LogP contribution in [0.5, 0.6) is 0 Å². The van der Waals surface area contributed by atoms with Crippen LogP contribution >= 0.6 is 0 Å². The van der Waals surface area contributed by atoms with E-state index in [1.54, 1.807) is 0 Å². The van der Waals surface area contributed by atoms with Crippen molar-refractivity contribution in [3.05, 3.63) is 12.3 Å². The molecule has 1 aliphatic carbocycles. The van der Waals surface area contributed by atoms with Gasteiger partial charge in [-0.05, 0) is 39.0 Å². The fourth-order valence-electron chi connectivity index (χ4n) is 4.06. The Morgan fingerprint density at radius 1 is 1.30 bits per heavy atom. The van der Waals surface area contributed by atoms with Crippen molar-refractivity contribution in [2.75, 3.05) is 6.54 Å². The van der Waals surface area contributed by atoms with E-state index in [4.69, 9.17) is 17.0 Å². The van der Waals surface area contributed by atoms with Gasteiger partial charge in [0.1, 0.15) is 5.84 Å². The SMILES string of the molecule is C=C(N)C(C(=N)NC1CCC(C(F)(F)F)CC1)C(C)N(N)C[C@@H](C#N)CCCCC. The van der Waals surface area contributed by atoms with Crippen LogP contribution in [0.25, 0.3) is 0 Å². The summed E-state index contributed by atoms with van der Waals surface area (Å²) in [5, 5.41) is 22.4. The largest absolute Gasteiger partial charge is 0.402 e. The molecule has 0 radical (unpaired) electrons. The van der Waals surface area contributed by atoms with Gasteiger partial charge in [-0.25, -0.2) is 5.01 Å². The zero-order valence-corrected chi connectivity index (χ0v) is 18.1. The van der Waals surface area contributed by atoms with E-state index in [1.807, 2.05) is 6.92 Å². The molecule has 6 nitrogen and oxygen atoms in total. The summed E-state index contributed by atoms with van der Waals surface area (Å²) >= 11 is 0. The van der Waals surface area contributed by atoms with Crippen molar-refractivity contribution < 1.29 is 13.2 Å². The summed E-state index contributed by atoms with van der Waals surface area (Å²) in [4.78, 5) is 0. The van der Waals surface area contributed by atoms with E-state index in [9.17, 15) is 18.4 Å². The summed E-state index contributed by atoms with van der Waals surface area (Å²) in [6, 6.07) is 1.71. The molecule has 0 amide bonds. The van der Waals surface area contributed by atoms with E-state index < -0.39 is 18.0 Å². The number of alkyl halides is 3. The van der Waals surface area contributed by atoms with Gasteiger partial charge in [-0.15, -0.1) is 0 Å². The van der Waals surface area contributed by atoms with Crippen molar-refractivity contribution in [3.63, 3.8) is 0 Å². The average Bonchev–Trinajstić information content (AvgIpc) is 2.66. The molecule has 0 spiro atoms. The maximum absolute atomic E-state index is 12.9. The number of nitrogens with two attached hydrogens (primary N) is 2. The Balaban J connectivity index is 2.66. The Kier molecular flexibility index (Phi) is 10.6. The number of halogens is 3. The normalized spacial score (nSPS) is 22.7. The van der Waals surface area contributed by atoms with Gasteiger partial charge < -0.3 is 11.1 Å². The minimum Gasteiger partial charge on any atom is -0.402 e. The van der Waals surface area contributed by atoms with Crippen molar-refractivity contribution in [2.45, 2.75) is 83.5 Å². The number of hydrazine groups is 1. The second-order valence-electron chi connectivity index (χ2n) is 8.46. The number of hydrogen-bond donors (Lipinski definition) is 4. The van der Waals surface area contributed by atoms with Crippen LogP contribution < -0.4 is 16.9 Å². The first kappa shape index (κ1) is 26.2. The molecule has 6 N–H and O–H groups in total. The lowest BCUT2D eigenvalue weighted by atomic mass is 9.85. The predicted molar refractivity (Wildman–Crippen MR) is 113 cm³/mol. The molecule has 1 rings (SSSR count). The summed E-state index contributed by atoms with van der Waals surface area (Å²) < 4.78 is 38.6. The third-order valence-corrected chi connectivity index (χ3v) is 6.04. The molecular weight excluding hydrogens is 393 g/mol. The number of nitrogens with one attached hydrogen (secondary N) is 2. The number of unbranched alkanes of at least 4 members (excludes halogenated alkanes) is 2. The molecular formula is C21H37F3N6. The van der Waals surface area contributed by atoms with Gasteiger partial charge in [-0.2, -0.15) is 18.4 Å². The lowest BCUT2D eigenvalue weighted by Crippen LogP contribution is -2.53. The van der Waals surface area contributed by atoms with E-state index in [-0.39, 0.29) is 42.4 Å². The molecule has 0 aliphatic heterocycles. The summed E-state index contributed by atoms with van der Waals surface area (Å²) in [5.41, 5.74) is 6.21. The first-order valence-corrected chi connectivity index (χ1v) is 10.8. The maximum Gasteiger partial charge on any atom is 0.391 e. The zero-order chi connectivity index (χ0) is 22.9. The van der Waals surface area contributed by atoms with Crippen LogP contribution in [-0.2, 0) is 0 Å². The van der Waals surface area contributed by atoms with E-state index >= 15 is 0 Å². The van der Waals surface area contributed by atoms with Crippen LogP contribution in [0.15, 0.2) is 12.3 Å². The van der Waals surface area contributed by atoms with Gasteiger partial charge in [0.15, 0.2) is 0 Å². The summed E-state index contributed by atoms with van der Waals surface area (Å²) in [5.74, 6) is 4.25. The second-order valence-corrected chi connectivity index (χ2v) is 8.46. The fraction of sp³-hybridized carbons (Fsp3) is 0.810. The minimum atomic E-state index is -4.16. The second kappa shape index (κ2) is 12.2. The van der Waals surface area contributed by atoms with Crippen molar-refractivity contribution in [2.24, 2.45) is 29.3 Å². The van der Waals surface area contributed by atoms with E-state index in [1.165, 1.54) is 5.01 Å². The molecule has 30 heavy (non-hydrogen) atoms. The van der Waals surface area contributed by atoms with E-state index in [0.29, 0.717) is 19.4 Å². The van der Waals surface area contributed by atoms with Gasteiger partial charge in [0.05, 0.1) is 23.8 Å². The van der Waals surface area contributed by atoms with Crippen LogP contribution in [0.4, 0.5) is 13.2 Å². The first-order chi connectivity index (χ1) is 14.0. The van der Waals surface area contributed by atoms with Crippen LogP contribution in [-0.4, -0.2) is 35.6 Å². The van der Waals surface area contributed by atoms with Crippen LogP contribution in [0.2, 0.25) is 0 Å². The van der Waals surface area contributed by atoms with E-state index in [2.05, 4.69) is 24.9 Å². The molecule has 0 heterocycles.